The second-order valence-corrected chi connectivity index (χ2v) is 6.07. The number of carbonyl (C=O) groups is 3. The molecule has 0 aromatic heterocycles. The van der Waals surface area contributed by atoms with Crippen molar-refractivity contribution >= 4 is 23.5 Å². The van der Waals surface area contributed by atoms with Crippen molar-refractivity contribution in [3.05, 3.63) is 41.5 Å². The number of carboxylic acids is 1. The van der Waals surface area contributed by atoms with Crippen molar-refractivity contribution in [1.29, 1.82) is 0 Å². The fourth-order valence-corrected chi connectivity index (χ4v) is 3.53. The second kappa shape index (κ2) is 5.09. The summed E-state index contributed by atoms with van der Waals surface area (Å²) in [4.78, 5) is 37.4. The Morgan fingerprint density at radius 2 is 1.82 bits per heavy atom. The number of allylic oxidation sites excluding steroid dienone is 2. The summed E-state index contributed by atoms with van der Waals surface area (Å²) in [5.74, 6) is -1.97. The van der Waals surface area contributed by atoms with Crippen LogP contribution in [0.2, 0.25) is 0 Å². The number of rotatable bonds is 2. The summed E-state index contributed by atoms with van der Waals surface area (Å²) in [7, 11) is 0. The number of amides is 2. The van der Waals surface area contributed by atoms with Crippen molar-refractivity contribution < 1.29 is 19.5 Å². The van der Waals surface area contributed by atoms with E-state index in [0.717, 1.165) is 5.57 Å². The first-order chi connectivity index (χ1) is 10.4. The topological polar surface area (TPSA) is 74.7 Å². The summed E-state index contributed by atoms with van der Waals surface area (Å²) < 4.78 is 0. The molecule has 1 heterocycles. The van der Waals surface area contributed by atoms with E-state index >= 15 is 0 Å². The molecule has 22 heavy (non-hydrogen) atoms. The third-order valence-electron chi connectivity index (χ3n) is 4.50. The second-order valence-electron chi connectivity index (χ2n) is 6.07. The highest BCUT2D eigenvalue weighted by molar-refractivity contribution is 6.22. The highest BCUT2D eigenvalue weighted by Gasteiger charge is 2.51. The Kier molecular flexibility index (Phi) is 3.35. The van der Waals surface area contributed by atoms with Gasteiger partial charge in [-0.15, -0.1) is 0 Å². The zero-order valence-corrected chi connectivity index (χ0v) is 12.4. The van der Waals surface area contributed by atoms with Crippen LogP contribution in [0.4, 0.5) is 5.69 Å². The van der Waals surface area contributed by atoms with Crippen LogP contribution in [0.15, 0.2) is 35.9 Å². The zero-order chi connectivity index (χ0) is 16.0. The molecule has 0 saturated carbocycles. The van der Waals surface area contributed by atoms with E-state index in [2.05, 4.69) is 6.08 Å². The van der Waals surface area contributed by atoms with Crippen molar-refractivity contribution in [3.63, 3.8) is 0 Å². The van der Waals surface area contributed by atoms with Crippen molar-refractivity contribution in [2.24, 2.45) is 17.8 Å². The Morgan fingerprint density at radius 1 is 1.18 bits per heavy atom. The summed E-state index contributed by atoms with van der Waals surface area (Å²) in [6, 6.07) is 5.85. The van der Waals surface area contributed by atoms with E-state index in [4.69, 9.17) is 5.11 Å². The minimum Gasteiger partial charge on any atom is -0.478 e. The molecule has 3 atom stereocenters. The van der Waals surface area contributed by atoms with E-state index in [1.807, 2.05) is 13.8 Å². The van der Waals surface area contributed by atoms with Crippen LogP contribution in [0.5, 0.6) is 0 Å². The average molecular weight is 299 g/mol. The number of fused-ring (bicyclic) bond motifs is 1. The van der Waals surface area contributed by atoms with Crippen molar-refractivity contribution in [1.82, 2.24) is 0 Å². The molecule has 1 fully saturated rings. The lowest BCUT2D eigenvalue weighted by atomic mass is 9.76. The number of carboxylic acid groups (broad SMARTS) is 1. The third kappa shape index (κ3) is 2.13. The molecule has 3 rings (SSSR count). The van der Waals surface area contributed by atoms with Gasteiger partial charge in [0.05, 0.1) is 23.1 Å². The number of aromatic carboxylic acids is 1. The standard InChI is InChI=1S/C17H17NO4/c1-9-7-10(2)14-13(8-9)15(19)18(16(14)20)12-5-3-11(4-6-12)17(21)22/h3-7,10,13-14H,8H2,1-2H3,(H,21,22)/t10-,13-,14-/m1/s1. The highest BCUT2D eigenvalue weighted by atomic mass is 16.4. The molecule has 1 aliphatic heterocycles. The number of nitrogens with zero attached hydrogens (tertiary/aromatic N) is 1. The molecule has 5 heteroatoms. The number of imide groups is 1. The van der Waals surface area contributed by atoms with Crippen LogP contribution in [0, 0.1) is 17.8 Å². The zero-order valence-electron chi connectivity index (χ0n) is 12.4. The molecule has 0 bridgehead atoms. The van der Waals surface area contributed by atoms with E-state index in [9.17, 15) is 14.4 Å². The maximum Gasteiger partial charge on any atom is 0.335 e. The van der Waals surface area contributed by atoms with Crippen LogP contribution in [0.25, 0.3) is 0 Å². The first-order valence-electron chi connectivity index (χ1n) is 7.28. The average Bonchev–Trinajstić information content (AvgIpc) is 2.70. The Labute approximate surface area is 128 Å². The number of carbonyl (C=O) groups excluding carboxylic acids is 2. The predicted molar refractivity (Wildman–Crippen MR) is 80.4 cm³/mol. The van der Waals surface area contributed by atoms with E-state index in [1.165, 1.54) is 29.2 Å². The lowest BCUT2D eigenvalue weighted by Gasteiger charge is -2.25. The fraction of sp³-hybridized carbons (Fsp3) is 0.353. The Balaban J connectivity index is 1.94. The molecule has 0 radical (unpaired) electrons. The summed E-state index contributed by atoms with van der Waals surface area (Å²) >= 11 is 0. The molecule has 1 N–H and O–H groups in total. The van der Waals surface area contributed by atoms with Crippen LogP contribution in [0.1, 0.15) is 30.6 Å². The molecule has 0 unspecified atom stereocenters. The molecular weight excluding hydrogens is 282 g/mol. The number of hydrogen-bond donors (Lipinski definition) is 1. The highest BCUT2D eigenvalue weighted by Crippen LogP contribution is 2.42. The molecule has 0 spiro atoms. The van der Waals surface area contributed by atoms with Gasteiger partial charge in [0.15, 0.2) is 0 Å². The monoisotopic (exact) mass is 299 g/mol. The Hall–Kier alpha value is -2.43. The summed E-state index contributed by atoms with van der Waals surface area (Å²) in [5, 5.41) is 8.92. The summed E-state index contributed by atoms with van der Waals surface area (Å²) in [5.41, 5.74) is 1.71. The van der Waals surface area contributed by atoms with Gasteiger partial charge < -0.3 is 5.11 Å². The minimum absolute atomic E-state index is 0.0403. The van der Waals surface area contributed by atoms with Crippen LogP contribution >= 0.6 is 0 Å². The van der Waals surface area contributed by atoms with Crippen molar-refractivity contribution in [2.75, 3.05) is 4.90 Å². The van der Waals surface area contributed by atoms with Crippen molar-refractivity contribution in [2.45, 2.75) is 20.3 Å². The lowest BCUT2D eigenvalue weighted by Crippen LogP contribution is -2.31. The van der Waals surface area contributed by atoms with Crippen LogP contribution in [-0.4, -0.2) is 22.9 Å². The maximum absolute atomic E-state index is 12.6. The van der Waals surface area contributed by atoms with E-state index < -0.39 is 5.97 Å². The molecule has 1 aliphatic carbocycles. The van der Waals surface area contributed by atoms with Crippen LogP contribution in [0.3, 0.4) is 0 Å². The SMILES string of the molecule is CC1=C[C@@H](C)[C@H]2C(=O)N(c3ccc(C(=O)O)cc3)C(=O)[C@@H]2C1. The van der Waals surface area contributed by atoms with Gasteiger partial charge >= 0.3 is 5.97 Å². The molecule has 5 nitrogen and oxygen atoms in total. The molecule has 1 aromatic carbocycles. The number of benzene rings is 1. The van der Waals surface area contributed by atoms with Gasteiger partial charge in [0.1, 0.15) is 0 Å². The van der Waals surface area contributed by atoms with Gasteiger partial charge in [-0.1, -0.05) is 18.6 Å². The van der Waals surface area contributed by atoms with Gasteiger partial charge in [-0.25, -0.2) is 4.79 Å². The fourth-order valence-electron chi connectivity index (χ4n) is 3.53. The molecule has 1 saturated heterocycles. The van der Waals surface area contributed by atoms with E-state index in [0.29, 0.717) is 12.1 Å². The molecule has 1 aromatic rings. The molecule has 114 valence electrons. The third-order valence-corrected chi connectivity index (χ3v) is 4.50. The van der Waals surface area contributed by atoms with Gasteiger partial charge in [-0.3, -0.25) is 14.5 Å². The van der Waals surface area contributed by atoms with E-state index in [1.54, 1.807) is 0 Å². The summed E-state index contributed by atoms with van der Waals surface area (Å²) in [6.45, 7) is 3.94. The first-order valence-corrected chi connectivity index (χ1v) is 7.28. The van der Waals surface area contributed by atoms with Gasteiger partial charge in [0.2, 0.25) is 11.8 Å². The van der Waals surface area contributed by atoms with Crippen molar-refractivity contribution in [3.8, 4) is 0 Å². The van der Waals surface area contributed by atoms with Gasteiger partial charge in [-0.05, 0) is 43.5 Å². The number of anilines is 1. The minimum atomic E-state index is -1.03. The lowest BCUT2D eigenvalue weighted by molar-refractivity contribution is -0.122. The van der Waals surface area contributed by atoms with Gasteiger partial charge in [-0.2, -0.15) is 0 Å². The predicted octanol–water partition coefficient (Wildman–Crippen LogP) is 2.48. The largest absolute Gasteiger partial charge is 0.478 e. The Morgan fingerprint density at radius 3 is 2.41 bits per heavy atom. The van der Waals surface area contributed by atoms with E-state index in [-0.39, 0.29) is 35.1 Å². The first kappa shape index (κ1) is 14.5. The van der Waals surface area contributed by atoms with Crippen LogP contribution < -0.4 is 4.90 Å². The van der Waals surface area contributed by atoms with Gasteiger partial charge in [0.25, 0.3) is 0 Å². The maximum atomic E-state index is 12.6. The summed E-state index contributed by atoms with van der Waals surface area (Å²) in [6.07, 6.45) is 2.67. The molecule has 2 aliphatic rings. The molecule has 2 amide bonds. The van der Waals surface area contributed by atoms with Crippen LogP contribution in [-0.2, 0) is 9.59 Å². The Bertz CT molecular complexity index is 689. The molecular formula is C17H17NO4. The number of hydrogen-bond acceptors (Lipinski definition) is 3. The van der Waals surface area contributed by atoms with Gasteiger partial charge in [0, 0.05) is 0 Å². The smallest absolute Gasteiger partial charge is 0.335 e. The normalized spacial score (nSPS) is 27.6. The quantitative estimate of drug-likeness (QED) is 0.672.